The number of hydrogen-bond acceptors (Lipinski definition) is 6. The van der Waals surface area contributed by atoms with Crippen LogP contribution in [0, 0.1) is 0 Å². The molecule has 1 unspecified atom stereocenters. The predicted molar refractivity (Wildman–Crippen MR) is 52.2 cm³/mol. The Morgan fingerprint density at radius 3 is 3.29 bits per heavy atom. The Labute approximate surface area is 85.9 Å². The summed E-state index contributed by atoms with van der Waals surface area (Å²) in [6.07, 6.45) is -0.823. The molecule has 80 valence electrons. The van der Waals surface area contributed by atoms with Gasteiger partial charge in [0.2, 0.25) is 0 Å². The van der Waals surface area contributed by atoms with Crippen LogP contribution < -0.4 is 5.32 Å². The predicted octanol–water partition coefficient (Wildman–Crippen LogP) is 0.392. The van der Waals surface area contributed by atoms with Crippen molar-refractivity contribution in [3.05, 3.63) is 0 Å². The van der Waals surface area contributed by atoms with Crippen LogP contribution in [0.5, 0.6) is 0 Å². The summed E-state index contributed by atoms with van der Waals surface area (Å²) >= 11 is 1.39. The van der Waals surface area contributed by atoms with E-state index in [1.807, 2.05) is 0 Å². The number of hydrogen-bond donors (Lipinski definition) is 1. The zero-order chi connectivity index (χ0) is 10.4. The zero-order valence-corrected chi connectivity index (χ0v) is 8.80. The van der Waals surface area contributed by atoms with Crippen LogP contribution in [0.25, 0.3) is 0 Å². The van der Waals surface area contributed by atoms with E-state index >= 15 is 0 Å². The molecule has 1 fully saturated rings. The van der Waals surface area contributed by atoms with E-state index in [0.29, 0.717) is 17.6 Å². The number of thioether (sulfide) groups is 1. The highest BCUT2D eigenvalue weighted by molar-refractivity contribution is 8.14. The minimum absolute atomic E-state index is 0.227. The standard InChI is InChI=1S/C7H12N2O4S/c1-8-7(10)13-9-6-5(3-11-2)12-4-14-6/h5H,3-4H2,1-2H3,(H,8,10)/b9-6-. The van der Waals surface area contributed by atoms with E-state index in [0.717, 1.165) is 0 Å². The van der Waals surface area contributed by atoms with Crippen molar-refractivity contribution in [3.63, 3.8) is 0 Å². The van der Waals surface area contributed by atoms with Gasteiger partial charge in [0.15, 0.2) is 0 Å². The van der Waals surface area contributed by atoms with Gasteiger partial charge < -0.3 is 14.8 Å². The molecule has 7 heteroatoms. The number of methoxy groups -OCH3 is 1. The van der Waals surface area contributed by atoms with Crippen LogP contribution in [0.4, 0.5) is 4.79 Å². The maximum absolute atomic E-state index is 10.7. The highest BCUT2D eigenvalue weighted by Gasteiger charge is 2.25. The summed E-state index contributed by atoms with van der Waals surface area (Å²) in [5.41, 5.74) is 0. The summed E-state index contributed by atoms with van der Waals surface area (Å²) in [6, 6.07) is 0. The second kappa shape index (κ2) is 5.84. The Morgan fingerprint density at radius 2 is 2.64 bits per heavy atom. The number of amides is 1. The van der Waals surface area contributed by atoms with E-state index in [1.54, 1.807) is 7.11 Å². The number of rotatable bonds is 3. The highest BCUT2D eigenvalue weighted by atomic mass is 32.2. The van der Waals surface area contributed by atoms with Crippen molar-refractivity contribution in [2.75, 3.05) is 26.7 Å². The van der Waals surface area contributed by atoms with E-state index in [9.17, 15) is 4.79 Å². The van der Waals surface area contributed by atoms with Gasteiger partial charge in [-0.05, 0) is 0 Å². The van der Waals surface area contributed by atoms with Gasteiger partial charge in [-0.15, -0.1) is 0 Å². The molecule has 0 aromatic heterocycles. The average molecular weight is 220 g/mol. The first-order valence-corrected chi connectivity index (χ1v) is 4.96. The summed E-state index contributed by atoms with van der Waals surface area (Å²) in [4.78, 5) is 15.2. The Bertz CT molecular complexity index is 234. The number of ether oxygens (including phenoxy) is 2. The summed E-state index contributed by atoms with van der Waals surface area (Å²) in [6.45, 7) is 0.406. The van der Waals surface area contributed by atoms with Crippen LogP contribution in [0.3, 0.4) is 0 Å². The lowest BCUT2D eigenvalue weighted by Gasteiger charge is -2.06. The minimum atomic E-state index is -0.596. The van der Waals surface area contributed by atoms with Gasteiger partial charge in [0.05, 0.1) is 12.5 Å². The van der Waals surface area contributed by atoms with Crippen LogP contribution in [0.15, 0.2) is 5.16 Å². The second-order valence-corrected chi connectivity index (χ2v) is 3.37. The molecular formula is C7H12N2O4S. The maximum atomic E-state index is 10.7. The van der Waals surface area contributed by atoms with Crippen LogP contribution in [0.1, 0.15) is 0 Å². The van der Waals surface area contributed by atoms with Gasteiger partial charge in [-0.2, -0.15) is 0 Å². The van der Waals surface area contributed by atoms with Crippen molar-refractivity contribution in [1.29, 1.82) is 0 Å². The van der Waals surface area contributed by atoms with E-state index in [2.05, 4.69) is 15.3 Å². The molecule has 1 rings (SSSR count). The lowest BCUT2D eigenvalue weighted by Crippen LogP contribution is -2.23. The fourth-order valence-corrected chi connectivity index (χ4v) is 1.59. The smallest absolute Gasteiger partial charge is 0.382 e. The topological polar surface area (TPSA) is 69.2 Å². The van der Waals surface area contributed by atoms with E-state index in [1.165, 1.54) is 18.8 Å². The first-order valence-electron chi connectivity index (χ1n) is 3.98. The molecule has 0 aromatic carbocycles. The average Bonchev–Trinajstić information content (AvgIpc) is 2.62. The van der Waals surface area contributed by atoms with Gasteiger partial charge >= 0.3 is 6.09 Å². The normalized spacial score (nSPS) is 23.9. The van der Waals surface area contributed by atoms with Crippen LogP contribution >= 0.6 is 11.8 Å². The second-order valence-electron chi connectivity index (χ2n) is 2.43. The Hall–Kier alpha value is -0.790. The first-order chi connectivity index (χ1) is 6.77. The molecule has 6 nitrogen and oxygen atoms in total. The van der Waals surface area contributed by atoms with Crippen molar-refractivity contribution in [1.82, 2.24) is 5.32 Å². The third-order valence-corrected chi connectivity index (χ3v) is 2.38. The van der Waals surface area contributed by atoms with Gasteiger partial charge in [-0.3, -0.25) is 4.84 Å². The molecular weight excluding hydrogens is 208 g/mol. The Balaban J connectivity index is 2.44. The molecule has 0 bridgehead atoms. The molecule has 1 saturated heterocycles. The largest absolute Gasteiger partial charge is 0.433 e. The minimum Gasteiger partial charge on any atom is -0.382 e. The zero-order valence-electron chi connectivity index (χ0n) is 7.98. The SMILES string of the molecule is CNC(=O)O/N=C1\SCOC1COC. The molecule has 1 atom stereocenters. The van der Waals surface area contributed by atoms with Gasteiger partial charge in [-0.1, -0.05) is 16.9 Å². The van der Waals surface area contributed by atoms with Crippen molar-refractivity contribution in [3.8, 4) is 0 Å². The van der Waals surface area contributed by atoms with Gasteiger partial charge in [0.25, 0.3) is 0 Å². The fourth-order valence-electron chi connectivity index (χ4n) is 0.829. The van der Waals surface area contributed by atoms with Crippen molar-refractivity contribution >= 4 is 22.9 Å². The molecule has 0 saturated carbocycles. The molecule has 0 aliphatic carbocycles. The number of nitrogens with one attached hydrogen (secondary N) is 1. The summed E-state index contributed by atoms with van der Waals surface area (Å²) in [5, 5.41) is 6.56. The number of carbonyl (C=O) groups is 1. The van der Waals surface area contributed by atoms with Crippen LogP contribution in [-0.2, 0) is 14.3 Å². The van der Waals surface area contributed by atoms with E-state index < -0.39 is 6.09 Å². The molecule has 1 aliphatic heterocycles. The molecule has 0 radical (unpaired) electrons. The Kier molecular flexibility index (Phi) is 4.71. The van der Waals surface area contributed by atoms with Gasteiger partial charge in [0, 0.05) is 14.2 Å². The van der Waals surface area contributed by atoms with Gasteiger partial charge in [0.1, 0.15) is 11.1 Å². The molecule has 0 aromatic rings. The molecule has 1 amide bonds. The quantitative estimate of drug-likeness (QED) is 0.550. The third kappa shape index (κ3) is 3.17. The van der Waals surface area contributed by atoms with Crippen molar-refractivity contribution in [2.24, 2.45) is 5.16 Å². The lowest BCUT2D eigenvalue weighted by atomic mass is 10.4. The highest BCUT2D eigenvalue weighted by Crippen LogP contribution is 2.20. The summed E-state index contributed by atoms with van der Waals surface area (Å²) in [7, 11) is 3.04. The Morgan fingerprint density at radius 1 is 1.86 bits per heavy atom. The maximum Gasteiger partial charge on any atom is 0.433 e. The van der Waals surface area contributed by atoms with Gasteiger partial charge in [-0.25, -0.2) is 4.79 Å². The van der Waals surface area contributed by atoms with Crippen molar-refractivity contribution in [2.45, 2.75) is 6.10 Å². The number of carbonyl (C=O) groups excluding carboxylic acids is 1. The number of oxime groups is 1. The lowest BCUT2D eigenvalue weighted by molar-refractivity contribution is 0.0660. The molecule has 1 heterocycles. The van der Waals surface area contributed by atoms with E-state index in [4.69, 9.17) is 9.47 Å². The molecule has 0 spiro atoms. The first kappa shape index (κ1) is 11.3. The molecule has 1 aliphatic rings. The summed E-state index contributed by atoms with van der Waals surface area (Å²) in [5.74, 6) is 0.504. The molecule has 14 heavy (non-hydrogen) atoms. The van der Waals surface area contributed by atoms with Crippen molar-refractivity contribution < 1.29 is 19.1 Å². The summed E-state index contributed by atoms with van der Waals surface area (Å²) < 4.78 is 10.2. The molecule has 1 N–H and O–H groups in total. The third-order valence-electron chi connectivity index (χ3n) is 1.49. The van der Waals surface area contributed by atoms with E-state index in [-0.39, 0.29) is 6.10 Å². The van der Waals surface area contributed by atoms with Crippen LogP contribution in [-0.4, -0.2) is 43.9 Å². The monoisotopic (exact) mass is 220 g/mol. The fraction of sp³-hybridized carbons (Fsp3) is 0.714. The number of nitrogens with zero attached hydrogens (tertiary/aromatic N) is 1. The van der Waals surface area contributed by atoms with Crippen LogP contribution in [0.2, 0.25) is 0 Å².